The molecule has 1 aliphatic heterocycles. The Morgan fingerprint density at radius 3 is 2.76 bits per heavy atom. The second-order valence-electron chi connectivity index (χ2n) is 7.25. The summed E-state index contributed by atoms with van der Waals surface area (Å²) in [5.41, 5.74) is 2.65. The molecule has 0 bridgehead atoms. The summed E-state index contributed by atoms with van der Waals surface area (Å²) in [5.74, 6) is 7.05. The molecule has 2 aromatic rings. The number of hydrogen-bond donors (Lipinski definition) is 0. The molecule has 0 radical (unpaired) electrons. The molecule has 1 aliphatic rings. The summed E-state index contributed by atoms with van der Waals surface area (Å²) in [6, 6.07) is 8.09. The molecule has 1 aromatic heterocycles. The highest BCUT2D eigenvalue weighted by molar-refractivity contribution is 5.68. The minimum Gasteiger partial charge on any atom is -0.444 e. The van der Waals surface area contributed by atoms with Crippen molar-refractivity contribution in [1.29, 1.82) is 0 Å². The SMILES string of the molecule is Cc1cccc(C#Cc2ncc3n2CCN(C(=O)OC(C)(C)C)C3)c1. The van der Waals surface area contributed by atoms with Gasteiger partial charge in [-0.15, -0.1) is 0 Å². The van der Waals surface area contributed by atoms with E-state index in [-0.39, 0.29) is 6.09 Å². The fourth-order valence-corrected chi connectivity index (χ4v) is 2.72. The summed E-state index contributed by atoms with van der Waals surface area (Å²) < 4.78 is 7.52. The van der Waals surface area contributed by atoms with Crippen molar-refractivity contribution in [2.24, 2.45) is 0 Å². The van der Waals surface area contributed by atoms with Crippen molar-refractivity contribution < 1.29 is 9.53 Å². The van der Waals surface area contributed by atoms with E-state index in [4.69, 9.17) is 4.74 Å². The third kappa shape index (κ3) is 4.21. The van der Waals surface area contributed by atoms with E-state index in [0.29, 0.717) is 19.6 Å². The van der Waals surface area contributed by atoms with Gasteiger partial charge < -0.3 is 14.2 Å². The molecular weight excluding hydrogens is 314 g/mol. The largest absolute Gasteiger partial charge is 0.444 e. The number of amides is 1. The van der Waals surface area contributed by atoms with Crippen molar-refractivity contribution in [3.8, 4) is 11.8 Å². The average molecular weight is 337 g/mol. The Labute approximate surface area is 148 Å². The first-order valence-electron chi connectivity index (χ1n) is 8.43. The van der Waals surface area contributed by atoms with Gasteiger partial charge in [0.15, 0.2) is 5.82 Å². The summed E-state index contributed by atoms with van der Waals surface area (Å²) in [4.78, 5) is 18.3. The van der Waals surface area contributed by atoms with Gasteiger partial charge in [-0.2, -0.15) is 0 Å². The predicted octanol–water partition coefficient (Wildman–Crippen LogP) is 3.34. The van der Waals surface area contributed by atoms with Crippen molar-refractivity contribution in [2.75, 3.05) is 6.54 Å². The first kappa shape index (κ1) is 17.1. The maximum atomic E-state index is 12.2. The monoisotopic (exact) mass is 337 g/mol. The highest BCUT2D eigenvalue weighted by atomic mass is 16.6. The zero-order valence-electron chi connectivity index (χ0n) is 15.2. The van der Waals surface area contributed by atoms with Crippen molar-refractivity contribution in [1.82, 2.24) is 14.5 Å². The molecule has 1 aromatic carbocycles. The van der Waals surface area contributed by atoms with E-state index in [1.807, 2.05) is 45.9 Å². The molecule has 1 amide bonds. The van der Waals surface area contributed by atoms with Crippen LogP contribution in [0.1, 0.15) is 43.4 Å². The van der Waals surface area contributed by atoms with Gasteiger partial charge >= 0.3 is 6.09 Å². The number of aryl methyl sites for hydroxylation is 1. The van der Waals surface area contributed by atoms with Crippen molar-refractivity contribution in [3.05, 3.63) is 53.1 Å². The number of nitrogens with zero attached hydrogens (tertiary/aromatic N) is 3. The molecule has 0 saturated carbocycles. The zero-order valence-corrected chi connectivity index (χ0v) is 15.2. The van der Waals surface area contributed by atoms with Gasteiger partial charge in [-0.25, -0.2) is 9.78 Å². The number of hydrogen-bond acceptors (Lipinski definition) is 3. The van der Waals surface area contributed by atoms with Crippen LogP contribution >= 0.6 is 0 Å². The Balaban J connectivity index is 1.74. The van der Waals surface area contributed by atoms with E-state index in [1.54, 1.807) is 11.1 Å². The number of rotatable bonds is 0. The van der Waals surface area contributed by atoms with Gasteiger partial charge in [-0.3, -0.25) is 0 Å². The van der Waals surface area contributed by atoms with Crippen LogP contribution < -0.4 is 0 Å². The van der Waals surface area contributed by atoms with Crippen LogP contribution in [0.25, 0.3) is 0 Å². The Bertz CT molecular complexity index is 850. The maximum Gasteiger partial charge on any atom is 0.410 e. The van der Waals surface area contributed by atoms with Crippen LogP contribution in [-0.4, -0.2) is 32.7 Å². The van der Waals surface area contributed by atoms with E-state index in [9.17, 15) is 4.79 Å². The normalized spacial score (nSPS) is 13.7. The van der Waals surface area contributed by atoms with Gasteiger partial charge in [-0.05, 0) is 51.3 Å². The maximum absolute atomic E-state index is 12.2. The molecule has 0 saturated heterocycles. The van der Waals surface area contributed by atoms with Gasteiger partial charge in [0.2, 0.25) is 0 Å². The van der Waals surface area contributed by atoms with Gasteiger partial charge in [0.1, 0.15) is 5.60 Å². The van der Waals surface area contributed by atoms with Crippen molar-refractivity contribution in [3.63, 3.8) is 0 Å². The fourth-order valence-electron chi connectivity index (χ4n) is 2.72. The minimum atomic E-state index is -0.487. The summed E-state index contributed by atoms with van der Waals surface area (Å²) in [6.07, 6.45) is 1.50. The first-order chi connectivity index (χ1) is 11.8. The lowest BCUT2D eigenvalue weighted by molar-refractivity contribution is 0.0199. The van der Waals surface area contributed by atoms with Crippen LogP contribution in [0.2, 0.25) is 0 Å². The lowest BCUT2D eigenvalue weighted by Gasteiger charge is -2.30. The molecule has 0 N–H and O–H groups in total. The van der Waals surface area contributed by atoms with Crippen LogP contribution in [-0.2, 0) is 17.8 Å². The number of ether oxygens (including phenoxy) is 1. The van der Waals surface area contributed by atoms with E-state index in [2.05, 4.69) is 27.5 Å². The van der Waals surface area contributed by atoms with E-state index in [1.165, 1.54) is 5.56 Å². The van der Waals surface area contributed by atoms with Crippen LogP contribution in [0.4, 0.5) is 4.79 Å². The highest BCUT2D eigenvalue weighted by Crippen LogP contribution is 2.17. The molecule has 2 heterocycles. The number of carbonyl (C=O) groups is 1. The van der Waals surface area contributed by atoms with Crippen molar-refractivity contribution >= 4 is 6.09 Å². The van der Waals surface area contributed by atoms with Crippen LogP contribution in [0.3, 0.4) is 0 Å². The predicted molar refractivity (Wildman–Crippen MR) is 96.0 cm³/mol. The van der Waals surface area contributed by atoms with Crippen LogP contribution in [0.5, 0.6) is 0 Å². The molecular formula is C20H23N3O2. The zero-order chi connectivity index (χ0) is 18.0. The van der Waals surface area contributed by atoms with Gasteiger partial charge in [0, 0.05) is 18.7 Å². The Kier molecular flexibility index (Phi) is 4.54. The fraction of sp³-hybridized carbons (Fsp3) is 0.400. The summed E-state index contributed by atoms with van der Waals surface area (Å²) >= 11 is 0. The molecule has 0 fully saturated rings. The number of fused-ring (bicyclic) bond motifs is 1. The minimum absolute atomic E-state index is 0.285. The standard InChI is InChI=1S/C20H23N3O2/c1-15-6-5-7-16(12-15)8-9-18-21-13-17-14-22(10-11-23(17)18)19(24)25-20(2,3)4/h5-7,12-13H,10-11,14H2,1-4H3. The highest BCUT2D eigenvalue weighted by Gasteiger charge is 2.26. The lowest BCUT2D eigenvalue weighted by Crippen LogP contribution is -2.41. The smallest absolute Gasteiger partial charge is 0.410 e. The van der Waals surface area contributed by atoms with E-state index in [0.717, 1.165) is 17.1 Å². The first-order valence-corrected chi connectivity index (χ1v) is 8.43. The van der Waals surface area contributed by atoms with Crippen LogP contribution in [0, 0.1) is 18.8 Å². The molecule has 0 aliphatic carbocycles. The van der Waals surface area contributed by atoms with E-state index >= 15 is 0 Å². The molecule has 25 heavy (non-hydrogen) atoms. The summed E-state index contributed by atoms with van der Waals surface area (Å²) in [5, 5.41) is 0. The van der Waals surface area contributed by atoms with Gasteiger partial charge in [0.25, 0.3) is 0 Å². The topological polar surface area (TPSA) is 47.4 Å². The van der Waals surface area contributed by atoms with E-state index < -0.39 is 5.60 Å². The lowest BCUT2D eigenvalue weighted by atomic mass is 10.1. The average Bonchev–Trinajstić information content (AvgIpc) is 2.93. The number of aromatic nitrogens is 2. The Morgan fingerprint density at radius 1 is 1.24 bits per heavy atom. The number of carbonyl (C=O) groups excluding carboxylic acids is 1. The number of imidazole rings is 1. The molecule has 5 heteroatoms. The number of benzene rings is 1. The molecule has 3 rings (SSSR count). The molecule has 0 atom stereocenters. The molecule has 5 nitrogen and oxygen atoms in total. The second-order valence-corrected chi connectivity index (χ2v) is 7.25. The Hall–Kier alpha value is -2.74. The third-order valence-electron chi connectivity index (χ3n) is 3.87. The van der Waals surface area contributed by atoms with Gasteiger partial charge in [-0.1, -0.05) is 18.1 Å². The molecule has 130 valence electrons. The quantitative estimate of drug-likeness (QED) is 0.693. The van der Waals surface area contributed by atoms with Crippen LogP contribution in [0.15, 0.2) is 30.5 Å². The molecule has 0 unspecified atom stereocenters. The third-order valence-corrected chi connectivity index (χ3v) is 3.87. The summed E-state index contributed by atoms with van der Waals surface area (Å²) in [7, 11) is 0. The Morgan fingerprint density at radius 2 is 2.04 bits per heavy atom. The summed E-state index contributed by atoms with van der Waals surface area (Å²) in [6.45, 7) is 9.43. The second kappa shape index (κ2) is 6.64. The van der Waals surface area contributed by atoms with Gasteiger partial charge in [0.05, 0.1) is 18.4 Å². The molecule has 0 spiro atoms. The van der Waals surface area contributed by atoms with Crippen molar-refractivity contribution in [2.45, 2.75) is 46.4 Å².